The van der Waals surface area contributed by atoms with Gasteiger partial charge < -0.3 is 19.5 Å². The lowest BCUT2D eigenvalue weighted by atomic mass is 10.2. The summed E-state index contributed by atoms with van der Waals surface area (Å²) >= 11 is 1.67. The number of nitrogens with one attached hydrogen (secondary N) is 1. The molecular formula is C25H25NO4S. The van der Waals surface area contributed by atoms with Crippen molar-refractivity contribution in [1.82, 2.24) is 0 Å². The van der Waals surface area contributed by atoms with Crippen molar-refractivity contribution in [3.05, 3.63) is 78.4 Å². The number of anilines is 1. The second kappa shape index (κ2) is 10.4. The molecule has 5 nitrogen and oxygen atoms in total. The third kappa shape index (κ3) is 5.60. The van der Waals surface area contributed by atoms with E-state index in [2.05, 4.69) is 5.32 Å². The molecule has 1 amide bonds. The Morgan fingerprint density at radius 3 is 2.52 bits per heavy atom. The molecule has 6 heteroatoms. The van der Waals surface area contributed by atoms with Gasteiger partial charge in [-0.15, -0.1) is 11.8 Å². The lowest BCUT2D eigenvalue weighted by molar-refractivity contribution is 0.102. The SMILES string of the molecule is COc1ccccc1Oc1ccc(NC(=O)c2ccccc2SCC2CCCO2)cc1. The van der Waals surface area contributed by atoms with E-state index in [1.165, 1.54) is 0 Å². The highest BCUT2D eigenvalue weighted by molar-refractivity contribution is 7.99. The van der Waals surface area contributed by atoms with Crippen LogP contribution in [0.5, 0.6) is 17.2 Å². The van der Waals surface area contributed by atoms with Gasteiger partial charge in [0.2, 0.25) is 0 Å². The van der Waals surface area contributed by atoms with Crippen LogP contribution < -0.4 is 14.8 Å². The van der Waals surface area contributed by atoms with Crippen molar-refractivity contribution in [3.63, 3.8) is 0 Å². The van der Waals surface area contributed by atoms with Crippen LogP contribution in [0, 0.1) is 0 Å². The highest BCUT2D eigenvalue weighted by Gasteiger charge is 2.18. The Balaban J connectivity index is 1.39. The zero-order valence-corrected chi connectivity index (χ0v) is 18.2. The molecule has 3 aromatic rings. The maximum Gasteiger partial charge on any atom is 0.256 e. The molecule has 3 aromatic carbocycles. The van der Waals surface area contributed by atoms with Crippen LogP contribution in [-0.4, -0.2) is 31.5 Å². The fraction of sp³-hybridized carbons (Fsp3) is 0.240. The largest absolute Gasteiger partial charge is 0.493 e. The minimum absolute atomic E-state index is 0.131. The lowest BCUT2D eigenvalue weighted by Crippen LogP contribution is -2.14. The van der Waals surface area contributed by atoms with E-state index in [9.17, 15) is 4.79 Å². The standard InChI is InChI=1S/C25H25NO4S/c1-28-22-9-3-4-10-23(22)30-19-14-12-18(13-15-19)26-25(27)21-8-2-5-11-24(21)31-17-20-7-6-16-29-20/h2-5,8-15,20H,6-7,16-17H2,1H3,(H,26,27). The Kier molecular flexibility index (Phi) is 7.12. The summed E-state index contributed by atoms with van der Waals surface area (Å²) in [6.07, 6.45) is 2.48. The first-order chi connectivity index (χ1) is 15.2. The molecule has 1 heterocycles. The van der Waals surface area contributed by atoms with Crippen molar-refractivity contribution in [2.45, 2.75) is 23.8 Å². The normalized spacial score (nSPS) is 15.5. The summed E-state index contributed by atoms with van der Waals surface area (Å²) in [5.74, 6) is 2.69. The molecule has 1 aliphatic rings. The minimum atomic E-state index is -0.131. The molecule has 1 saturated heterocycles. The van der Waals surface area contributed by atoms with Gasteiger partial charge in [-0.1, -0.05) is 24.3 Å². The van der Waals surface area contributed by atoms with E-state index in [-0.39, 0.29) is 12.0 Å². The van der Waals surface area contributed by atoms with Crippen LogP contribution >= 0.6 is 11.8 Å². The fourth-order valence-corrected chi connectivity index (χ4v) is 4.49. The van der Waals surface area contributed by atoms with Gasteiger partial charge >= 0.3 is 0 Å². The van der Waals surface area contributed by atoms with E-state index < -0.39 is 0 Å². The number of ether oxygens (including phenoxy) is 3. The van der Waals surface area contributed by atoms with Gasteiger partial charge in [-0.3, -0.25) is 4.79 Å². The Hall–Kier alpha value is -2.96. The number of hydrogen-bond acceptors (Lipinski definition) is 5. The number of benzene rings is 3. The minimum Gasteiger partial charge on any atom is -0.493 e. The van der Waals surface area contributed by atoms with Crippen molar-refractivity contribution < 1.29 is 19.0 Å². The van der Waals surface area contributed by atoms with Crippen molar-refractivity contribution in [3.8, 4) is 17.2 Å². The monoisotopic (exact) mass is 435 g/mol. The van der Waals surface area contributed by atoms with Crippen molar-refractivity contribution in [1.29, 1.82) is 0 Å². The van der Waals surface area contributed by atoms with E-state index in [0.29, 0.717) is 28.5 Å². The maximum absolute atomic E-state index is 12.9. The molecule has 1 fully saturated rings. The van der Waals surface area contributed by atoms with Gasteiger partial charge in [-0.2, -0.15) is 0 Å². The molecule has 160 valence electrons. The van der Waals surface area contributed by atoms with E-state index >= 15 is 0 Å². The average Bonchev–Trinajstić information content (AvgIpc) is 3.33. The van der Waals surface area contributed by atoms with Gasteiger partial charge in [0.05, 0.1) is 18.8 Å². The zero-order valence-electron chi connectivity index (χ0n) is 17.4. The smallest absolute Gasteiger partial charge is 0.256 e. The van der Waals surface area contributed by atoms with Gasteiger partial charge in [-0.05, 0) is 61.4 Å². The number of thioether (sulfide) groups is 1. The van der Waals surface area contributed by atoms with E-state index in [1.54, 1.807) is 18.9 Å². The van der Waals surface area contributed by atoms with Crippen LogP contribution in [0.4, 0.5) is 5.69 Å². The molecule has 4 rings (SSSR count). The van der Waals surface area contributed by atoms with Crippen LogP contribution in [0.2, 0.25) is 0 Å². The predicted molar refractivity (Wildman–Crippen MR) is 124 cm³/mol. The van der Waals surface area contributed by atoms with Crippen molar-refractivity contribution in [2.24, 2.45) is 0 Å². The summed E-state index contributed by atoms with van der Waals surface area (Å²) in [5.41, 5.74) is 1.37. The van der Waals surface area contributed by atoms with Crippen molar-refractivity contribution in [2.75, 3.05) is 24.8 Å². The van der Waals surface area contributed by atoms with Gasteiger partial charge in [0.15, 0.2) is 11.5 Å². The van der Waals surface area contributed by atoms with Gasteiger partial charge in [-0.25, -0.2) is 0 Å². The summed E-state index contributed by atoms with van der Waals surface area (Å²) in [5, 5.41) is 2.98. The molecule has 0 aliphatic carbocycles. The van der Waals surface area contributed by atoms with Gasteiger partial charge in [0, 0.05) is 22.9 Å². The molecule has 0 bridgehead atoms. The molecule has 0 saturated carbocycles. The first-order valence-corrected chi connectivity index (χ1v) is 11.3. The number of rotatable bonds is 8. The topological polar surface area (TPSA) is 56.8 Å². The molecule has 1 atom stereocenters. The maximum atomic E-state index is 12.9. The third-order valence-electron chi connectivity index (χ3n) is 4.99. The first-order valence-electron chi connectivity index (χ1n) is 10.3. The predicted octanol–water partition coefficient (Wildman–Crippen LogP) is 6.01. The average molecular weight is 436 g/mol. The lowest BCUT2D eigenvalue weighted by Gasteiger charge is -2.13. The van der Waals surface area contributed by atoms with Crippen LogP contribution in [-0.2, 0) is 4.74 Å². The summed E-state index contributed by atoms with van der Waals surface area (Å²) in [4.78, 5) is 13.9. The van der Waals surface area contributed by atoms with E-state index in [1.807, 2.05) is 72.8 Å². The number of carbonyl (C=O) groups is 1. The number of methoxy groups -OCH3 is 1. The van der Waals surface area contributed by atoms with Gasteiger partial charge in [0.1, 0.15) is 5.75 Å². The van der Waals surface area contributed by atoms with Gasteiger partial charge in [0.25, 0.3) is 5.91 Å². The summed E-state index contributed by atoms with van der Waals surface area (Å²) in [6, 6.07) is 22.4. The van der Waals surface area contributed by atoms with Crippen molar-refractivity contribution >= 4 is 23.4 Å². The van der Waals surface area contributed by atoms with E-state index in [0.717, 1.165) is 30.1 Å². The Morgan fingerprint density at radius 1 is 1.03 bits per heavy atom. The summed E-state index contributed by atoms with van der Waals surface area (Å²) in [7, 11) is 1.61. The quantitative estimate of drug-likeness (QED) is 0.439. The number of carbonyl (C=O) groups excluding carboxylic acids is 1. The number of hydrogen-bond donors (Lipinski definition) is 1. The first kappa shape index (κ1) is 21.3. The number of amides is 1. The Morgan fingerprint density at radius 2 is 1.77 bits per heavy atom. The second-order valence-electron chi connectivity index (χ2n) is 7.17. The Bertz CT molecular complexity index is 1020. The molecule has 0 aromatic heterocycles. The second-order valence-corrected chi connectivity index (χ2v) is 8.24. The molecule has 31 heavy (non-hydrogen) atoms. The summed E-state index contributed by atoms with van der Waals surface area (Å²) in [6.45, 7) is 0.837. The van der Waals surface area contributed by atoms with Crippen LogP contribution in [0.15, 0.2) is 77.7 Å². The van der Waals surface area contributed by atoms with Crippen LogP contribution in [0.25, 0.3) is 0 Å². The van der Waals surface area contributed by atoms with Crippen LogP contribution in [0.1, 0.15) is 23.2 Å². The summed E-state index contributed by atoms with van der Waals surface area (Å²) < 4.78 is 16.9. The molecule has 0 spiro atoms. The number of para-hydroxylation sites is 2. The molecule has 1 aliphatic heterocycles. The molecule has 1 unspecified atom stereocenters. The Labute approximate surface area is 186 Å². The molecule has 1 N–H and O–H groups in total. The third-order valence-corrected chi connectivity index (χ3v) is 6.19. The zero-order chi connectivity index (χ0) is 21.5. The fourth-order valence-electron chi connectivity index (χ4n) is 3.37. The molecular weight excluding hydrogens is 410 g/mol. The highest BCUT2D eigenvalue weighted by Crippen LogP contribution is 2.32. The van der Waals surface area contributed by atoms with Crippen LogP contribution in [0.3, 0.4) is 0 Å². The molecule has 0 radical (unpaired) electrons. The highest BCUT2D eigenvalue weighted by atomic mass is 32.2. The van der Waals surface area contributed by atoms with E-state index in [4.69, 9.17) is 14.2 Å².